The molecule has 0 aliphatic heterocycles. The Morgan fingerprint density at radius 3 is 2.39 bits per heavy atom. The predicted molar refractivity (Wildman–Crippen MR) is 75.4 cm³/mol. The molecule has 0 aromatic heterocycles. The fraction of sp³-hybridized carbons (Fsp3) is 0.600. The Labute approximate surface area is 110 Å². The molecule has 1 aromatic rings. The summed E-state index contributed by atoms with van der Waals surface area (Å²) in [5.41, 5.74) is 3.66. The van der Waals surface area contributed by atoms with Crippen molar-refractivity contribution >= 4 is 0 Å². The molecule has 18 heavy (non-hydrogen) atoms. The normalized spacial score (nSPS) is 14.3. The Balaban J connectivity index is 3.09. The maximum Gasteiger partial charge on any atom is 0.126 e. The summed E-state index contributed by atoms with van der Waals surface area (Å²) < 4.78 is 10.9. The first kappa shape index (κ1) is 15.0. The van der Waals surface area contributed by atoms with Crippen molar-refractivity contribution in [2.45, 2.75) is 39.3 Å². The Hall–Kier alpha value is -1.06. The number of ether oxygens (including phenoxy) is 2. The van der Waals surface area contributed by atoms with Gasteiger partial charge >= 0.3 is 0 Å². The minimum Gasteiger partial charge on any atom is -0.496 e. The topological polar surface area (TPSA) is 30.5 Å². The third-order valence-electron chi connectivity index (χ3n) is 3.61. The number of benzene rings is 1. The Morgan fingerprint density at radius 2 is 1.89 bits per heavy atom. The first-order chi connectivity index (χ1) is 8.54. The highest BCUT2D eigenvalue weighted by molar-refractivity contribution is 5.46. The molecule has 0 aliphatic rings. The minimum absolute atomic E-state index is 0.216. The van der Waals surface area contributed by atoms with Gasteiger partial charge in [-0.1, -0.05) is 12.1 Å². The van der Waals surface area contributed by atoms with Gasteiger partial charge in [0.1, 0.15) is 5.75 Å². The zero-order chi connectivity index (χ0) is 13.7. The van der Waals surface area contributed by atoms with Crippen LogP contribution in [0.1, 0.15) is 36.1 Å². The maximum absolute atomic E-state index is 5.57. The summed E-state index contributed by atoms with van der Waals surface area (Å²) in [5.74, 6) is 0.984. The monoisotopic (exact) mass is 251 g/mol. The van der Waals surface area contributed by atoms with Crippen LogP contribution in [0.5, 0.6) is 5.75 Å². The molecule has 1 aromatic carbocycles. The van der Waals surface area contributed by atoms with E-state index < -0.39 is 0 Å². The van der Waals surface area contributed by atoms with Crippen LogP contribution in [0.2, 0.25) is 0 Å². The molecule has 2 atom stereocenters. The molecule has 1 N–H and O–H groups in total. The summed E-state index contributed by atoms with van der Waals surface area (Å²) in [6, 6.07) is 4.54. The number of nitrogens with one attached hydrogen (secondary N) is 1. The number of aryl methyl sites for hydroxylation is 1. The van der Waals surface area contributed by atoms with Gasteiger partial charge in [0.25, 0.3) is 0 Å². The van der Waals surface area contributed by atoms with Crippen molar-refractivity contribution in [2.24, 2.45) is 0 Å². The van der Waals surface area contributed by atoms with Crippen molar-refractivity contribution in [1.29, 1.82) is 0 Å². The van der Waals surface area contributed by atoms with Gasteiger partial charge in [0.15, 0.2) is 0 Å². The second-order valence-electron chi connectivity index (χ2n) is 4.75. The van der Waals surface area contributed by atoms with Crippen LogP contribution >= 0.6 is 0 Å². The molecular formula is C15H25NO2. The first-order valence-corrected chi connectivity index (χ1v) is 6.39. The SMILES string of the molecule is CNC(CC(C)OC)c1ccc(C)c(C)c1OC. The van der Waals surface area contributed by atoms with Gasteiger partial charge in [-0.15, -0.1) is 0 Å². The van der Waals surface area contributed by atoms with Crippen LogP contribution in [0.25, 0.3) is 0 Å². The Bertz CT molecular complexity index is 390. The van der Waals surface area contributed by atoms with Crippen molar-refractivity contribution in [3.05, 3.63) is 28.8 Å². The van der Waals surface area contributed by atoms with Crippen LogP contribution in [0.15, 0.2) is 12.1 Å². The van der Waals surface area contributed by atoms with Crippen molar-refractivity contribution in [2.75, 3.05) is 21.3 Å². The minimum atomic E-state index is 0.216. The standard InChI is InChI=1S/C15H25NO2/c1-10-7-8-13(15(18-6)12(10)3)14(16-4)9-11(2)17-5/h7-8,11,14,16H,9H2,1-6H3. The van der Waals surface area contributed by atoms with E-state index in [2.05, 4.69) is 38.2 Å². The van der Waals surface area contributed by atoms with E-state index in [-0.39, 0.29) is 12.1 Å². The molecule has 0 bridgehead atoms. The molecule has 0 saturated carbocycles. The molecule has 0 spiro atoms. The summed E-state index contributed by atoms with van der Waals surface area (Å²) in [6.07, 6.45) is 1.14. The third-order valence-corrected chi connectivity index (χ3v) is 3.61. The molecule has 3 heteroatoms. The lowest BCUT2D eigenvalue weighted by Crippen LogP contribution is -2.22. The van der Waals surface area contributed by atoms with Gasteiger partial charge in [0, 0.05) is 18.7 Å². The van der Waals surface area contributed by atoms with E-state index >= 15 is 0 Å². The van der Waals surface area contributed by atoms with Gasteiger partial charge in [-0.2, -0.15) is 0 Å². The zero-order valence-electron chi connectivity index (χ0n) is 12.3. The van der Waals surface area contributed by atoms with Crippen molar-refractivity contribution < 1.29 is 9.47 Å². The van der Waals surface area contributed by atoms with Gasteiger partial charge in [0.2, 0.25) is 0 Å². The fourth-order valence-electron chi connectivity index (χ4n) is 2.18. The van der Waals surface area contributed by atoms with E-state index in [4.69, 9.17) is 9.47 Å². The van der Waals surface area contributed by atoms with Crippen LogP contribution in [0.3, 0.4) is 0 Å². The van der Waals surface area contributed by atoms with E-state index in [1.54, 1.807) is 14.2 Å². The maximum atomic E-state index is 5.57. The molecule has 0 fully saturated rings. The third kappa shape index (κ3) is 3.24. The van der Waals surface area contributed by atoms with Crippen LogP contribution in [0, 0.1) is 13.8 Å². The molecule has 0 amide bonds. The molecule has 1 rings (SSSR count). The lowest BCUT2D eigenvalue weighted by molar-refractivity contribution is 0.101. The Morgan fingerprint density at radius 1 is 1.22 bits per heavy atom. The fourth-order valence-corrected chi connectivity index (χ4v) is 2.18. The van der Waals surface area contributed by atoms with Crippen molar-refractivity contribution in [3.8, 4) is 5.75 Å². The quantitative estimate of drug-likeness (QED) is 0.843. The number of hydrogen-bond donors (Lipinski definition) is 1. The first-order valence-electron chi connectivity index (χ1n) is 6.39. The van der Waals surface area contributed by atoms with E-state index in [1.807, 2.05) is 7.05 Å². The summed E-state index contributed by atoms with van der Waals surface area (Å²) in [5, 5.41) is 3.34. The molecular weight excluding hydrogens is 226 g/mol. The largest absolute Gasteiger partial charge is 0.496 e. The number of methoxy groups -OCH3 is 2. The van der Waals surface area contributed by atoms with Crippen LogP contribution in [0.4, 0.5) is 0 Å². The van der Waals surface area contributed by atoms with Crippen LogP contribution in [-0.2, 0) is 4.74 Å². The second-order valence-corrected chi connectivity index (χ2v) is 4.75. The molecule has 0 saturated heterocycles. The highest BCUT2D eigenvalue weighted by Crippen LogP contribution is 2.32. The Kier molecular flexibility index (Phi) is 5.63. The zero-order valence-corrected chi connectivity index (χ0v) is 12.3. The van der Waals surface area contributed by atoms with Crippen LogP contribution in [-0.4, -0.2) is 27.4 Å². The highest BCUT2D eigenvalue weighted by atomic mass is 16.5. The molecule has 0 aliphatic carbocycles. The smallest absolute Gasteiger partial charge is 0.126 e. The van der Waals surface area contributed by atoms with Gasteiger partial charge in [-0.05, 0) is 45.4 Å². The number of hydrogen-bond acceptors (Lipinski definition) is 3. The molecule has 2 unspecified atom stereocenters. The van der Waals surface area contributed by atoms with Gasteiger partial charge in [0.05, 0.1) is 13.2 Å². The summed E-state index contributed by atoms with van der Waals surface area (Å²) in [7, 11) is 5.45. The lowest BCUT2D eigenvalue weighted by Gasteiger charge is -2.23. The van der Waals surface area contributed by atoms with E-state index in [1.165, 1.54) is 16.7 Å². The van der Waals surface area contributed by atoms with E-state index in [0.717, 1.165) is 12.2 Å². The lowest BCUT2D eigenvalue weighted by atomic mass is 9.96. The number of rotatable bonds is 6. The summed E-state index contributed by atoms with van der Waals surface area (Å²) in [6.45, 7) is 6.29. The van der Waals surface area contributed by atoms with E-state index in [9.17, 15) is 0 Å². The highest BCUT2D eigenvalue weighted by Gasteiger charge is 2.19. The average Bonchev–Trinajstić information content (AvgIpc) is 2.38. The van der Waals surface area contributed by atoms with Gasteiger partial charge < -0.3 is 14.8 Å². The summed E-state index contributed by atoms with van der Waals surface area (Å²) in [4.78, 5) is 0. The van der Waals surface area contributed by atoms with E-state index in [0.29, 0.717) is 0 Å². The van der Waals surface area contributed by atoms with Crippen molar-refractivity contribution in [3.63, 3.8) is 0 Å². The molecule has 0 radical (unpaired) electrons. The van der Waals surface area contributed by atoms with Gasteiger partial charge in [-0.3, -0.25) is 0 Å². The summed E-state index contributed by atoms with van der Waals surface area (Å²) >= 11 is 0. The van der Waals surface area contributed by atoms with Crippen molar-refractivity contribution in [1.82, 2.24) is 5.32 Å². The molecule has 3 nitrogen and oxygen atoms in total. The van der Waals surface area contributed by atoms with Crippen LogP contribution < -0.4 is 10.1 Å². The average molecular weight is 251 g/mol. The molecule has 0 heterocycles. The van der Waals surface area contributed by atoms with Gasteiger partial charge in [-0.25, -0.2) is 0 Å². The predicted octanol–water partition coefficient (Wildman–Crippen LogP) is 3.00. The molecule has 102 valence electrons. The second kappa shape index (κ2) is 6.76.